The number of halogens is 1. The number of sulfonamides is 1. The van der Waals surface area contributed by atoms with E-state index in [2.05, 4.69) is 20.7 Å². The minimum atomic E-state index is -3.66. The van der Waals surface area contributed by atoms with E-state index < -0.39 is 10.0 Å². The lowest BCUT2D eigenvalue weighted by atomic mass is 10.2. The Morgan fingerprint density at radius 1 is 0.880 bits per heavy atom. The van der Waals surface area contributed by atoms with Crippen molar-refractivity contribution in [1.29, 1.82) is 0 Å². The van der Waals surface area contributed by atoms with Gasteiger partial charge in [-0.3, -0.25) is 4.72 Å². The molecule has 3 aromatic carbocycles. The number of rotatable bonds is 6. The molecular weight excluding hydrogens is 402 g/mol. The Balaban J connectivity index is 1.78. The van der Waals surface area contributed by atoms with Gasteiger partial charge in [-0.05, 0) is 45.8 Å². The van der Waals surface area contributed by atoms with Crippen molar-refractivity contribution in [3.63, 3.8) is 0 Å². The molecule has 0 heterocycles. The SMILES string of the molecule is O=S(=O)(Nc1cc(OCc2ccccc2)ccc1Br)c1ccccc1. The van der Waals surface area contributed by atoms with Crippen LogP contribution < -0.4 is 9.46 Å². The molecule has 0 aliphatic heterocycles. The average Bonchev–Trinajstić information content (AvgIpc) is 2.64. The van der Waals surface area contributed by atoms with Gasteiger partial charge in [-0.15, -0.1) is 0 Å². The highest BCUT2D eigenvalue weighted by Gasteiger charge is 2.15. The zero-order chi connectivity index (χ0) is 17.7. The first-order valence-corrected chi connectivity index (χ1v) is 9.86. The predicted molar refractivity (Wildman–Crippen MR) is 102 cm³/mol. The third-order valence-corrected chi connectivity index (χ3v) is 5.56. The van der Waals surface area contributed by atoms with Crippen LogP contribution in [-0.2, 0) is 16.6 Å². The molecule has 0 atom stereocenters. The number of hydrogen-bond acceptors (Lipinski definition) is 3. The molecule has 128 valence electrons. The van der Waals surface area contributed by atoms with Crippen LogP contribution in [0.25, 0.3) is 0 Å². The van der Waals surface area contributed by atoms with E-state index in [-0.39, 0.29) is 4.90 Å². The maximum absolute atomic E-state index is 12.5. The van der Waals surface area contributed by atoms with Gasteiger partial charge >= 0.3 is 0 Å². The summed E-state index contributed by atoms with van der Waals surface area (Å²) >= 11 is 3.37. The number of anilines is 1. The molecule has 0 radical (unpaired) electrons. The van der Waals surface area contributed by atoms with E-state index in [0.29, 0.717) is 22.5 Å². The Kier molecular flexibility index (Phi) is 5.40. The van der Waals surface area contributed by atoms with Gasteiger partial charge in [0, 0.05) is 10.5 Å². The third-order valence-electron chi connectivity index (χ3n) is 3.48. The van der Waals surface area contributed by atoms with Gasteiger partial charge < -0.3 is 4.74 Å². The molecule has 0 spiro atoms. The van der Waals surface area contributed by atoms with Crippen LogP contribution >= 0.6 is 15.9 Å². The summed E-state index contributed by atoms with van der Waals surface area (Å²) in [5.41, 5.74) is 1.46. The minimum Gasteiger partial charge on any atom is -0.489 e. The Bertz CT molecular complexity index is 945. The van der Waals surface area contributed by atoms with Gasteiger partial charge in [0.25, 0.3) is 10.0 Å². The first-order chi connectivity index (χ1) is 12.0. The van der Waals surface area contributed by atoms with Crippen LogP contribution in [0.1, 0.15) is 5.56 Å². The zero-order valence-corrected chi connectivity index (χ0v) is 15.6. The third kappa shape index (κ3) is 4.61. The largest absolute Gasteiger partial charge is 0.489 e. The summed E-state index contributed by atoms with van der Waals surface area (Å²) in [6.07, 6.45) is 0. The fourth-order valence-corrected chi connectivity index (χ4v) is 3.79. The standard InChI is InChI=1S/C19H16BrNO3S/c20-18-12-11-16(24-14-15-7-3-1-4-8-15)13-19(18)21-25(22,23)17-9-5-2-6-10-17/h1-13,21H,14H2. The summed E-state index contributed by atoms with van der Waals surface area (Å²) in [6, 6.07) is 23.2. The molecule has 0 unspecified atom stereocenters. The van der Waals surface area contributed by atoms with Crippen molar-refractivity contribution < 1.29 is 13.2 Å². The Labute approximate surface area is 155 Å². The summed E-state index contributed by atoms with van der Waals surface area (Å²) in [4.78, 5) is 0.206. The maximum Gasteiger partial charge on any atom is 0.261 e. The van der Waals surface area contributed by atoms with Crippen molar-refractivity contribution in [2.24, 2.45) is 0 Å². The van der Waals surface area contributed by atoms with Gasteiger partial charge in [0.05, 0.1) is 10.6 Å². The van der Waals surface area contributed by atoms with E-state index in [9.17, 15) is 8.42 Å². The molecular formula is C19H16BrNO3S. The van der Waals surface area contributed by atoms with Crippen LogP contribution in [0.3, 0.4) is 0 Å². The smallest absolute Gasteiger partial charge is 0.261 e. The lowest BCUT2D eigenvalue weighted by Gasteiger charge is -2.12. The first-order valence-electron chi connectivity index (χ1n) is 7.59. The Morgan fingerprint density at radius 2 is 1.52 bits per heavy atom. The van der Waals surface area contributed by atoms with Crippen LogP contribution in [0.15, 0.2) is 88.2 Å². The summed E-state index contributed by atoms with van der Waals surface area (Å²) in [6.45, 7) is 0.410. The van der Waals surface area contributed by atoms with Crippen molar-refractivity contribution in [3.05, 3.63) is 88.9 Å². The van der Waals surface area contributed by atoms with Crippen LogP contribution in [0.2, 0.25) is 0 Å². The van der Waals surface area contributed by atoms with Crippen molar-refractivity contribution in [2.75, 3.05) is 4.72 Å². The molecule has 3 rings (SSSR count). The normalized spacial score (nSPS) is 11.1. The molecule has 6 heteroatoms. The van der Waals surface area contributed by atoms with Gasteiger partial charge in [0.1, 0.15) is 12.4 Å². The Hall–Kier alpha value is -2.31. The first kappa shape index (κ1) is 17.5. The highest BCUT2D eigenvalue weighted by molar-refractivity contribution is 9.10. The van der Waals surface area contributed by atoms with Gasteiger partial charge in [-0.1, -0.05) is 48.5 Å². The topological polar surface area (TPSA) is 55.4 Å². The van der Waals surface area contributed by atoms with Crippen LogP contribution in [0.5, 0.6) is 5.75 Å². The lowest BCUT2D eigenvalue weighted by molar-refractivity contribution is 0.306. The minimum absolute atomic E-state index is 0.206. The molecule has 3 aromatic rings. The maximum atomic E-state index is 12.5. The molecule has 25 heavy (non-hydrogen) atoms. The highest BCUT2D eigenvalue weighted by atomic mass is 79.9. The number of hydrogen-bond donors (Lipinski definition) is 1. The molecule has 4 nitrogen and oxygen atoms in total. The molecule has 0 aliphatic rings. The highest BCUT2D eigenvalue weighted by Crippen LogP contribution is 2.29. The van der Waals surface area contributed by atoms with Crippen molar-refractivity contribution >= 4 is 31.6 Å². The van der Waals surface area contributed by atoms with E-state index in [1.807, 2.05) is 30.3 Å². The summed E-state index contributed by atoms with van der Waals surface area (Å²) in [7, 11) is -3.66. The molecule has 1 N–H and O–H groups in total. The van der Waals surface area contributed by atoms with Crippen molar-refractivity contribution in [3.8, 4) is 5.75 Å². The molecule has 0 bridgehead atoms. The number of nitrogens with one attached hydrogen (secondary N) is 1. The fraction of sp³-hybridized carbons (Fsp3) is 0.0526. The van der Waals surface area contributed by atoms with Crippen LogP contribution in [-0.4, -0.2) is 8.42 Å². The van der Waals surface area contributed by atoms with E-state index >= 15 is 0 Å². The van der Waals surface area contributed by atoms with Crippen molar-refractivity contribution in [2.45, 2.75) is 11.5 Å². The lowest BCUT2D eigenvalue weighted by Crippen LogP contribution is -2.13. The molecule has 0 saturated heterocycles. The fourth-order valence-electron chi connectivity index (χ4n) is 2.22. The van der Waals surface area contributed by atoms with Gasteiger partial charge in [-0.25, -0.2) is 8.42 Å². The molecule has 0 aliphatic carbocycles. The van der Waals surface area contributed by atoms with Crippen LogP contribution in [0.4, 0.5) is 5.69 Å². The van der Waals surface area contributed by atoms with Gasteiger partial charge in [-0.2, -0.15) is 0 Å². The van der Waals surface area contributed by atoms with Gasteiger partial charge in [0.2, 0.25) is 0 Å². The summed E-state index contributed by atoms with van der Waals surface area (Å²) in [5, 5.41) is 0. The molecule has 0 amide bonds. The van der Waals surface area contributed by atoms with Crippen molar-refractivity contribution in [1.82, 2.24) is 0 Å². The summed E-state index contributed by atoms with van der Waals surface area (Å²) in [5.74, 6) is 0.581. The van der Waals surface area contributed by atoms with E-state index in [1.54, 1.807) is 48.5 Å². The van der Waals surface area contributed by atoms with Gasteiger partial charge in [0.15, 0.2) is 0 Å². The zero-order valence-electron chi connectivity index (χ0n) is 13.2. The van der Waals surface area contributed by atoms with E-state index in [4.69, 9.17) is 4.74 Å². The monoisotopic (exact) mass is 417 g/mol. The predicted octanol–water partition coefficient (Wildman–Crippen LogP) is 4.83. The number of ether oxygens (including phenoxy) is 1. The second-order valence-electron chi connectivity index (χ2n) is 5.33. The van der Waals surface area contributed by atoms with E-state index in [1.165, 1.54) is 0 Å². The average molecular weight is 418 g/mol. The number of benzene rings is 3. The van der Waals surface area contributed by atoms with Crippen LogP contribution in [0, 0.1) is 0 Å². The summed E-state index contributed by atoms with van der Waals surface area (Å²) < 4.78 is 33.9. The second kappa shape index (κ2) is 7.72. The second-order valence-corrected chi connectivity index (χ2v) is 7.87. The molecule has 0 fully saturated rings. The quantitative estimate of drug-likeness (QED) is 0.624. The molecule has 0 saturated carbocycles. The molecule has 0 aromatic heterocycles. The van der Waals surface area contributed by atoms with E-state index in [0.717, 1.165) is 5.56 Å². The Morgan fingerprint density at radius 3 is 2.20 bits per heavy atom.